The Bertz CT molecular complexity index is 700. The van der Waals surface area contributed by atoms with E-state index in [1.165, 1.54) is 21.1 Å². The average molecular weight is 359 g/mol. The first-order valence-electron chi connectivity index (χ1n) is 7.16. The van der Waals surface area contributed by atoms with Crippen LogP contribution in [0, 0.1) is 0 Å². The molecule has 1 unspecified atom stereocenters. The predicted molar refractivity (Wildman–Crippen MR) is 87.0 cm³/mol. The summed E-state index contributed by atoms with van der Waals surface area (Å²) in [4.78, 5) is 23.1. The van der Waals surface area contributed by atoms with Gasteiger partial charge in [0, 0.05) is 17.4 Å². The molecule has 9 heteroatoms. The number of carboxylic acid groups (broad SMARTS) is 1. The van der Waals surface area contributed by atoms with Crippen LogP contribution in [0.15, 0.2) is 18.2 Å². The molecule has 1 amide bonds. The number of carbonyl (C=O) groups is 2. The minimum Gasteiger partial charge on any atom is -0.497 e. The predicted octanol–water partition coefficient (Wildman–Crippen LogP) is 0.771. The van der Waals surface area contributed by atoms with Crippen molar-refractivity contribution in [1.82, 2.24) is 5.32 Å². The summed E-state index contributed by atoms with van der Waals surface area (Å²) >= 11 is 0. The number of carbonyl (C=O) groups excluding carboxylic acids is 1. The van der Waals surface area contributed by atoms with E-state index in [-0.39, 0.29) is 5.75 Å². The van der Waals surface area contributed by atoms with Crippen LogP contribution in [-0.2, 0) is 19.4 Å². The third-order valence-electron chi connectivity index (χ3n) is 3.32. The largest absolute Gasteiger partial charge is 0.497 e. The Morgan fingerprint density at radius 3 is 2.42 bits per heavy atom. The highest BCUT2D eigenvalue weighted by Gasteiger charge is 2.24. The lowest BCUT2D eigenvalue weighted by Gasteiger charge is -2.20. The minimum absolute atomic E-state index is 0.171. The Balaban J connectivity index is 3.09. The highest BCUT2D eigenvalue weighted by atomic mass is 32.2. The zero-order valence-corrected chi connectivity index (χ0v) is 14.6. The van der Waals surface area contributed by atoms with Crippen molar-refractivity contribution < 1.29 is 32.6 Å². The molecule has 0 aromatic heterocycles. The van der Waals surface area contributed by atoms with Gasteiger partial charge in [0.2, 0.25) is 5.91 Å². The van der Waals surface area contributed by atoms with Crippen LogP contribution in [-0.4, -0.2) is 51.1 Å². The molecule has 1 rings (SSSR count). The highest BCUT2D eigenvalue weighted by molar-refractivity contribution is 7.92. The average Bonchev–Trinajstić information content (AvgIpc) is 2.52. The molecule has 0 radical (unpaired) electrons. The Kier molecular flexibility index (Phi) is 7.02. The van der Waals surface area contributed by atoms with Crippen molar-refractivity contribution in [3.63, 3.8) is 0 Å². The first kappa shape index (κ1) is 19.8. The molecule has 1 aromatic rings. The lowest BCUT2D eigenvalue weighted by Crippen LogP contribution is -2.35. The fourth-order valence-electron chi connectivity index (χ4n) is 2.06. The van der Waals surface area contributed by atoms with E-state index in [0.29, 0.717) is 17.1 Å². The number of hydrogen-bond acceptors (Lipinski definition) is 6. The van der Waals surface area contributed by atoms with E-state index in [0.717, 1.165) is 0 Å². The number of sulfone groups is 1. The lowest BCUT2D eigenvalue weighted by molar-refractivity contribution is -0.137. The maximum atomic E-state index is 12.0. The van der Waals surface area contributed by atoms with Crippen LogP contribution in [0.2, 0.25) is 0 Å². The standard InChI is InChI=1S/C15H21NO7S/c1-4-24(20,21)9-14(17)16-12(8-15(18)19)11-6-5-10(22-2)7-13(11)23-3/h5-7,12H,4,8-9H2,1-3H3,(H,16,17)(H,18,19). The van der Waals surface area contributed by atoms with Crippen LogP contribution in [0.4, 0.5) is 0 Å². The third kappa shape index (κ3) is 5.73. The highest BCUT2D eigenvalue weighted by Crippen LogP contribution is 2.31. The molecule has 0 aliphatic rings. The van der Waals surface area contributed by atoms with Crippen molar-refractivity contribution in [2.24, 2.45) is 0 Å². The van der Waals surface area contributed by atoms with Crippen molar-refractivity contribution in [1.29, 1.82) is 0 Å². The van der Waals surface area contributed by atoms with Gasteiger partial charge in [-0.2, -0.15) is 0 Å². The van der Waals surface area contributed by atoms with Crippen molar-refractivity contribution >= 4 is 21.7 Å². The molecule has 8 nitrogen and oxygen atoms in total. The summed E-state index contributed by atoms with van der Waals surface area (Å²) in [5, 5.41) is 11.5. The van der Waals surface area contributed by atoms with Gasteiger partial charge in [-0.15, -0.1) is 0 Å². The van der Waals surface area contributed by atoms with Gasteiger partial charge in [0.05, 0.1) is 26.7 Å². The lowest BCUT2D eigenvalue weighted by atomic mass is 10.0. The van der Waals surface area contributed by atoms with Crippen LogP contribution in [0.3, 0.4) is 0 Å². The van der Waals surface area contributed by atoms with E-state index in [2.05, 4.69) is 5.32 Å². The van der Waals surface area contributed by atoms with Gasteiger partial charge in [-0.3, -0.25) is 9.59 Å². The van der Waals surface area contributed by atoms with Gasteiger partial charge in [-0.1, -0.05) is 6.92 Å². The minimum atomic E-state index is -3.51. The molecule has 0 spiro atoms. The summed E-state index contributed by atoms with van der Waals surface area (Å²) in [5.41, 5.74) is 0.419. The number of hydrogen-bond donors (Lipinski definition) is 2. The van der Waals surface area contributed by atoms with Crippen molar-refractivity contribution in [3.05, 3.63) is 23.8 Å². The molecule has 0 aliphatic heterocycles. The monoisotopic (exact) mass is 359 g/mol. The van der Waals surface area contributed by atoms with Gasteiger partial charge in [0.1, 0.15) is 17.3 Å². The fraction of sp³-hybridized carbons (Fsp3) is 0.467. The van der Waals surface area contributed by atoms with Crippen LogP contribution in [0.5, 0.6) is 11.5 Å². The number of aliphatic carboxylic acids is 1. The topological polar surface area (TPSA) is 119 Å². The Labute approximate surface area is 140 Å². The summed E-state index contributed by atoms with van der Waals surface area (Å²) in [6.07, 6.45) is -0.416. The third-order valence-corrected chi connectivity index (χ3v) is 4.90. The first-order valence-corrected chi connectivity index (χ1v) is 8.98. The molecule has 0 aliphatic carbocycles. The number of benzene rings is 1. The number of carboxylic acids is 1. The quantitative estimate of drug-likeness (QED) is 0.668. The van der Waals surface area contributed by atoms with Crippen LogP contribution in [0.1, 0.15) is 24.9 Å². The number of amides is 1. The zero-order valence-electron chi connectivity index (χ0n) is 13.7. The van der Waals surface area contributed by atoms with Gasteiger partial charge < -0.3 is 19.9 Å². The Morgan fingerprint density at radius 2 is 1.92 bits per heavy atom. The molecule has 0 saturated heterocycles. The number of ether oxygens (including phenoxy) is 2. The fourth-order valence-corrected chi connectivity index (χ4v) is 2.74. The molecule has 134 valence electrons. The summed E-state index contributed by atoms with van der Waals surface area (Å²) < 4.78 is 33.4. The molecular weight excluding hydrogens is 338 g/mol. The SMILES string of the molecule is CCS(=O)(=O)CC(=O)NC(CC(=O)O)c1ccc(OC)cc1OC. The molecule has 0 saturated carbocycles. The van der Waals surface area contributed by atoms with E-state index in [4.69, 9.17) is 14.6 Å². The van der Waals surface area contributed by atoms with E-state index >= 15 is 0 Å². The molecule has 1 atom stereocenters. The van der Waals surface area contributed by atoms with Crippen LogP contribution in [0.25, 0.3) is 0 Å². The van der Waals surface area contributed by atoms with E-state index in [1.807, 2.05) is 0 Å². The number of methoxy groups -OCH3 is 2. The second-order valence-corrected chi connectivity index (χ2v) is 7.36. The second-order valence-electron chi connectivity index (χ2n) is 5.00. The maximum Gasteiger partial charge on any atom is 0.305 e. The first-order chi connectivity index (χ1) is 11.2. The van der Waals surface area contributed by atoms with Crippen LogP contribution >= 0.6 is 0 Å². The molecule has 0 bridgehead atoms. The molecule has 24 heavy (non-hydrogen) atoms. The maximum absolute atomic E-state index is 12.0. The zero-order chi connectivity index (χ0) is 18.3. The summed E-state index contributed by atoms with van der Waals surface area (Å²) in [6, 6.07) is 3.80. The molecule has 0 heterocycles. The van der Waals surface area contributed by atoms with Crippen LogP contribution < -0.4 is 14.8 Å². The van der Waals surface area contributed by atoms with Gasteiger partial charge in [0.15, 0.2) is 9.84 Å². The summed E-state index contributed by atoms with van der Waals surface area (Å²) in [7, 11) is -0.637. The summed E-state index contributed by atoms with van der Waals surface area (Å²) in [5.74, 6) is -1.94. The molecular formula is C15H21NO7S. The normalized spacial score (nSPS) is 12.3. The van der Waals surface area contributed by atoms with E-state index in [9.17, 15) is 18.0 Å². The van der Waals surface area contributed by atoms with Gasteiger partial charge >= 0.3 is 5.97 Å². The number of rotatable bonds is 9. The second kappa shape index (κ2) is 8.53. The smallest absolute Gasteiger partial charge is 0.305 e. The molecule has 1 aromatic carbocycles. The molecule has 2 N–H and O–H groups in total. The van der Waals surface area contributed by atoms with E-state index in [1.54, 1.807) is 18.2 Å². The van der Waals surface area contributed by atoms with Gasteiger partial charge in [-0.25, -0.2) is 8.42 Å². The van der Waals surface area contributed by atoms with Crippen molar-refractivity contribution in [2.75, 3.05) is 25.7 Å². The van der Waals surface area contributed by atoms with Crippen molar-refractivity contribution in [2.45, 2.75) is 19.4 Å². The Morgan fingerprint density at radius 1 is 1.25 bits per heavy atom. The number of nitrogens with one attached hydrogen (secondary N) is 1. The summed E-state index contributed by atoms with van der Waals surface area (Å²) in [6.45, 7) is 1.43. The molecule has 0 fully saturated rings. The van der Waals surface area contributed by atoms with Gasteiger partial charge in [-0.05, 0) is 12.1 Å². The van der Waals surface area contributed by atoms with E-state index < -0.39 is 39.9 Å². The van der Waals surface area contributed by atoms with Gasteiger partial charge in [0.25, 0.3) is 0 Å². The van der Waals surface area contributed by atoms with Crippen molar-refractivity contribution in [3.8, 4) is 11.5 Å². The Hall–Kier alpha value is -2.29.